The van der Waals surface area contributed by atoms with Gasteiger partial charge in [0.25, 0.3) is 0 Å². The number of hydrogen-bond acceptors (Lipinski definition) is 1. The molecule has 7 radical (unpaired) electrons. The van der Waals surface area contributed by atoms with Gasteiger partial charge in [0.1, 0.15) is 5.59 Å². The second-order valence-corrected chi connectivity index (χ2v) is 10.2. The Labute approximate surface area is 240 Å². The van der Waals surface area contributed by atoms with Gasteiger partial charge in [-0.05, 0) is 60.3 Å². The molecular formula is C33H33NOPRe-. The third kappa shape index (κ3) is 10.8. The molecule has 1 aliphatic rings. The summed E-state index contributed by atoms with van der Waals surface area (Å²) >= 11 is 0. The second-order valence-electron chi connectivity index (χ2n) is 7.97. The van der Waals surface area contributed by atoms with E-state index in [4.69, 9.17) is 16.9 Å². The molecule has 4 rings (SSSR count). The zero-order chi connectivity index (χ0) is 26.9. The fourth-order valence-corrected chi connectivity index (χ4v) is 5.95. The average Bonchev–Trinajstić information content (AvgIpc) is 3.10. The van der Waals surface area contributed by atoms with Crippen LogP contribution in [-0.2, 0) is 20.4 Å². The monoisotopic (exact) mass is 677 g/mol. The fourth-order valence-electron chi connectivity index (χ4n) is 3.65. The van der Waals surface area contributed by atoms with E-state index in [0.29, 0.717) is 0 Å². The van der Waals surface area contributed by atoms with Gasteiger partial charge in [-0.25, -0.2) is 5.92 Å². The first kappa shape index (κ1) is 34.5. The Kier molecular flexibility index (Phi) is 18.2. The van der Waals surface area contributed by atoms with E-state index in [1.54, 1.807) is 6.92 Å². The van der Waals surface area contributed by atoms with Crippen LogP contribution in [0, 0.1) is 58.7 Å². The maximum atomic E-state index is 7.25. The molecule has 0 amide bonds. The van der Waals surface area contributed by atoms with Crippen molar-refractivity contribution in [3.8, 4) is 17.8 Å². The van der Waals surface area contributed by atoms with E-state index in [1.807, 2.05) is 5.92 Å². The molecule has 0 aromatic heterocycles. The van der Waals surface area contributed by atoms with Crippen LogP contribution < -0.4 is 21.5 Å². The smallest absolute Gasteiger partial charge is 0.120 e. The van der Waals surface area contributed by atoms with Gasteiger partial charge >= 0.3 is 0 Å². The molecule has 4 heteroatoms. The first-order valence-corrected chi connectivity index (χ1v) is 12.9. The van der Waals surface area contributed by atoms with Crippen LogP contribution >= 0.6 is 7.92 Å². The molecule has 0 bridgehead atoms. The van der Waals surface area contributed by atoms with Crippen LogP contribution in [0.4, 0.5) is 0 Å². The predicted octanol–water partition coefficient (Wildman–Crippen LogP) is 6.57. The Morgan fingerprint density at radius 1 is 0.568 bits per heavy atom. The molecule has 0 N–H and O–H groups in total. The van der Waals surface area contributed by atoms with Crippen LogP contribution in [0.2, 0.25) is 0 Å². The van der Waals surface area contributed by atoms with E-state index < -0.39 is 7.92 Å². The van der Waals surface area contributed by atoms with Gasteiger partial charge in [-0.1, -0.05) is 126 Å². The third-order valence-electron chi connectivity index (χ3n) is 6.04. The van der Waals surface area contributed by atoms with E-state index in [0.717, 1.165) is 0 Å². The topological polar surface area (TPSA) is 39.4 Å². The normalized spacial score (nSPS) is 13.7. The minimum atomic E-state index is -0.446. The van der Waals surface area contributed by atoms with Crippen LogP contribution in [0.15, 0.2) is 91.0 Å². The number of nitrogens with zero attached hydrogens (tertiary/aromatic N) is 1. The summed E-state index contributed by atoms with van der Waals surface area (Å²) in [6.45, 7) is 12.7. The molecule has 3 aromatic carbocycles. The van der Waals surface area contributed by atoms with Crippen molar-refractivity contribution in [2.45, 2.75) is 41.5 Å². The van der Waals surface area contributed by atoms with Gasteiger partial charge in [0.05, 0.1) is 0 Å². The summed E-state index contributed by atoms with van der Waals surface area (Å²) in [6, 6.07) is 32.3. The molecular weight excluding hydrogens is 644 g/mol. The van der Waals surface area contributed by atoms with Gasteiger partial charge in [0, 0.05) is 20.4 Å². The molecule has 0 spiro atoms. The molecule has 0 aliphatic heterocycles. The summed E-state index contributed by atoms with van der Waals surface area (Å²) in [7, 11) is -0.446. The van der Waals surface area contributed by atoms with Crippen LogP contribution in [0.25, 0.3) is 0 Å². The summed E-state index contributed by atoms with van der Waals surface area (Å²) in [6.07, 6.45) is 6.18. The molecule has 0 unspecified atom stereocenters. The summed E-state index contributed by atoms with van der Waals surface area (Å²) in [5, 5.41) is 4.19. The van der Waals surface area contributed by atoms with Crippen molar-refractivity contribution < 1.29 is 20.4 Å². The molecule has 0 atom stereocenters. The molecule has 3 aromatic rings. The van der Waals surface area contributed by atoms with Gasteiger partial charge in [0.2, 0.25) is 0 Å². The largest absolute Gasteiger partial charge is 0.358 e. The Hall–Kier alpha value is -2.53. The van der Waals surface area contributed by atoms with E-state index in [9.17, 15) is 0 Å². The van der Waals surface area contributed by atoms with Gasteiger partial charge in [-0.2, -0.15) is 0 Å². The van der Waals surface area contributed by atoms with Crippen molar-refractivity contribution in [2.24, 2.45) is 0 Å². The molecule has 189 valence electrons. The molecule has 1 fully saturated rings. The Morgan fingerprint density at radius 2 is 0.811 bits per heavy atom. The van der Waals surface area contributed by atoms with E-state index >= 15 is 0 Å². The Bertz CT molecular complexity index is 950. The summed E-state index contributed by atoms with van der Waals surface area (Å²) in [5.41, 5.74) is 5.75. The number of nitroso groups, excluding NO2 is 1. The third-order valence-corrected chi connectivity index (χ3v) is 8.49. The van der Waals surface area contributed by atoms with Crippen molar-refractivity contribution in [3.63, 3.8) is 0 Å². The van der Waals surface area contributed by atoms with Crippen molar-refractivity contribution >= 4 is 23.8 Å². The molecule has 37 heavy (non-hydrogen) atoms. The minimum Gasteiger partial charge on any atom is -0.358 e. The van der Waals surface area contributed by atoms with E-state index in [1.165, 1.54) is 45.5 Å². The number of rotatable bonds is 3. The van der Waals surface area contributed by atoms with Gasteiger partial charge in [-0.3, -0.25) is 11.8 Å². The van der Waals surface area contributed by atoms with Gasteiger partial charge in [-0.15, -0.1) is 4.91 Å². The molecule has 1 aliphatic carbocycles. The van der Waals surface area contributed by atoms with Crippen molar-refractivity contribution in [1.82, 2.24) is 5.59 Å². The Balaban J connectivity index is 0.000000609. The van der Waals surface area contributed by atoms with Crippen molar-refractivity contribution in [1.29, 1.82) is 0 Å². The number of hydrogen-bond donors (Lipinski definition) is 0. The average molecular weight is 677 g/mol. The quantitative estimate of drug-likeness (QED) is 0.176. The van der Waals surface area contributed by atoms with Gasteiger partial charge in [0.15, 0.2) is 0 Å². The zero-order valence-electron chi connectivity index (χ0n) is 22.3. The molecule has 2 nitrogen and oxygen atoms in total. The fraction of sp³-hybridized carbons (Fsp3) is 0.182. The maximum absolute atomic E-state index is 7.25. The van der Waals surface area contributed by atoms with Crippen LogP contribution in [0.5, 0.6) is 0 Å². The van der Waals surface area contributed by atoms with Crippen LogP contribution in [0.3, 0.4) is 0 Å². The number of benzene rings is 3. The second kappa shape index (κ2) is 19.6. The summed E-state index contributed by atoms with van der Waals surface area (Å²) in [5.74, 6) is 14.0. The summed E-state index contributed by atoms with van der Waals surface area (Å²) < 4.78 is 0. The Morgan fingerprint density at radius 3 is 0.973 bits per heavy atom. The predicted molar refractivity (Wildman–Crippen MR) is 156 cm³/mol. The molecule has 0 heterocycles. The summed E-state index contributed by atoms with van der Waals surface area (Å²) in [4.78, 5) is 7.25. The first-order valence-electron chi connectivity index (χ1n) is 11.6. The minimum absolute atomic E-state index is 0. The van der Waals surface area contributed by atoms with Crippen molar-refractivity contribution in [3.05, 3.63) is 132 Å². The van der Waals surface area contributed by atoms with Gasteiger partial charge < -0.3 is 6.42 Å². The van der Waals surface area contributed by atoms with Crippen LogP contribution in [0.1, 0.15) is 41.5 Å². The molecule has 0 saturated heterocycles. The van der Waals surface area contributed by atoms with Crippen LogP contribution in [-0.4, -0.2) is 0 Å². The zero-order valence-corrected chi connectivity index (χ0v) is 26.0. The van der Waals surface area contributed by atoms with E-state index in [-0.39, 0.29) is 20.4 Å². The van der Waals surface area contributed by atoms with E-state index in [2.05, 4.69) is 137 Å². The SMILES string of the molecule is C[C]1[C](C)[C](C)[C](C)[C]1C.[C-]#CC#CC.[N]=O.[Re].c1ccc(P(c2ccccc2)c2ccccc2)cc1. The first-order chi connectivity index (χ1) is 17.4. The standard InChI is InChI=1S/C18H15P.C10H15.C5H3.NO.Re/c1-4-10-16(11-5-1)19(17-12-6-2-7-13-17)18-14-8-3-9-15-18;1-6-7(2)9(4)10(5)8(6)3;1-3-5-4-2;1-2;/h1-15H;1-5H3;1H3;;/q;;-1;;. The maximum Gasteiger partial charge on any atom is 0.120 e. The van der Waals surface area contributed by atoms with Crippen molar-refractivity contribution in [2.75, 3.05) is 0 Å². The molecule has 1 saturated carbocycles.